The van der Waals surface area contributed by atoms with Gasteiger partial charge >= 0.3 is 5.97 Å². The van der Waals surface area contributed by atoms with Crippen molar-refractivity contribution < 1.29 is 19.0 Å². The Morgan fingerprint density at radius 1 is 1.60 bits per heavy atom. The molecule has 88 valence electrons. The summed E-state index contributed by atoms with van der Waals surface area (Å²) in [4.78, 5) is 10.9. The van der Waals surface area contributed by atoms with Crippen LogP contribution in [0.25, 0.3) is 0 Å². The van der Waals surface area contributed by atoms with Crippen LogP contribution in [0.2, 0.25) is 0 Å². The summed E-state index contributed by atoms with van der Waals surface area (Å²) in [7, 11) is 1.37. The Balaban J connectivity index is 2.55. The first-order valence-corrected chi connectivity index (χ1v) is 5.82. The fourth-order valence-corrected chi connectivity index (χ4v) is 2.02. The summed E-state index contributed by atoms with van der Waals surface area (Å²) < 4.78 is 15.8. The van der Waals surface area contributed by atoms with Gasteiger partial charge in [0.1, 0.15) is 4.83 Å². The number of carbonyl (C=O) groups excluding carboxylic acids is 1. The summed E-state index contributed by atoms with van der Waals surface area (Å²) >= 11 is 3.31. The first kappa shape index (κ1) is 12.9. The summed E-state index contributed by atoms with van der Waals surface area (Å²) in [5.74, 6) is -0.822. The molecule has 0 saturated carbocycles. The van der Waals surface area contributed by atoms with Crippen LogP contribution < -0.4 is 0 Å². The maximum Gasteiger partial charge on any atom is 0.319 e. The quantitative estimate of drug-likeness (QED) is 0.583. The van der Waals surface area contributed by atoms with Crippen LogP contribution in [-0.4, -0.2) is 36.4 Å². The molecular formula is C10H17BrO4. The van der Waals surface area contributed by atoms with Gasteiger partial charge in [0, 0.05) is 5.92 Å². The minimum atomic E-state index is -0.554. The van der Waals surface area contributed by atoms with Gasteiger partial charge in [0.15, 0.2) is 5.79 Å². The van der Waals surface area contributed by atoms with E-state index in [0.717, 1.165) is 0 Å². The first-order valence-electron chi connectivity index (χ1n) is 4.91. The van der Waals surface area contributed by atoms with E-state index in [0.29, 0.717) is 6.61 Å². The molecule has 0 aromatic heterocycles. The average Bonchev–Trinajstić information content (AvgIpc) is 2.55. The minimum absolute atomic E-state index is 0.0132. The number of esters is 1. The highest BCUT2D eigenvalue weighted by Crippen LogP contribution is 2.30. The smallest absolute Gasteiger partial charge is 0.319 e. The highest BCUT2D eigenvalue weighted by Gasteiger charge is 2.39. The predicted molar refractivity (Wildman–Crippen MR) is 58.8 cm³/mol. The largest absolute Gasteiger partial charge is 0.468 e. The SMILES string of the molecule is COC(=O)[C@@H](Br)[C@H](C)[C@H]1COC(C)(C)O1. The van der Waals surface area contributed by atoms with Gasteiger partial charge in [-0.25, -0.2) is 0 Å². The Morgan fingerprint density at radius 3 is 2.60 bits per heavy atom. The van der Waals surface area contributed by atoms with Gasteiger partial charge in [-0.15, -0.1) is 0 Å². The Hall–Kier alpha value is -0.130. The number of hydrogen-bond acceptors (Lipinski definition) is 4. The monoisotopic (exact) mass is 280 g/mol. The summed E-state index contributed by atoms with van der Waals surface area (Å²) in [6.07, 6.45) is -0.0801. The number of rotatable bonds is 3. The highest BCUT2D eigenvalue weighted by molar-refractivity contribution is 9.10. The van der Waals surface area contributed by atoms with E-state index in [4.69, 9.17) is 9.47 Å². The molecule has 0 spiro atoms. The molecule has 0 aromatic rings. The van der Waals surface area contributed by atoms with Crippen molar-refractivity contribution in [2.24, 2.45) is 5.92 Å². The zero-order chi connectivity index (χ0) is 11.6. The highest BCUT2D eigenvalue weighted by atomic mass is 79.9. The van der Waals surface area contributed by atoms with Gasteiger partial charge in [0.05, 0.1) is 19.8 Å². The van der Waals surface area contributed by atoms with Gasteiger partial charge in [-0.3, -0.25) is 4.79 Å². The first-order chi connectivity index (χ1) is 6.87. The Bertz CT molecular complexity index is 242. The molecule has 3 atom stereocenters. The van der Waals surface area contributed by atoms with E-state index in [1.165, 1.54) is 7.11 Å². The number of carbonyl (C=O) groups is 1. The zero-order valence-corrected chi connectivity index (χ0v) is 11.0. The third kappa shape index (κ3) is 3.16. The van der Waals surface area contributed by atoms with Crippen molar-refractivity contribution in [2.45, 2.75) is 37.5 Å². The van der Waals surface area contributed by atoms with E-state index in [-0.39, 0.29) is 22.8 Å². The van der Waals surface area contributed by atoms with E-state index in [1.807, 2.05) is 20.8 Å². The summed E-state index contributed by atoms with van der Waals surface area (Å²) in [5, 5.41) is 0. The fraction of sp³-hybridized carbons (Fsp3) is 0.900. The minimum Gasteiger partial charge on any atom is -0.468 e. The zero-order valence-electron chi connectivity index (χ0n) is 9.45. The van der Waals surface area contributed by atoms with Crippen molar-refractivity contribution in [3.05, 3.63) is 0 Å². The Kier molecular flexibility index (Phi) is 4.14. The molecule has 0 N–H and O–H groups in total. The predicted octanol–water partition coefficient (Wildman–Crippen LogP) is 1.71. The second-order valence-electron chi connectivity index (χ2n) is 4.15. The molecule has 15 heavy (non-hydrogen) atoms. The molecule has 4 nitrogen and oxygen atoms in total. The maximum absolute atomic E-state index is 11.3. The van der Waals surface area contributed by atoms with Crippen molar-refractivity contribution in [3.63, 3.8) is 0 Å². The number of methoxy groups -OCH3 is 1. The second kappa shape index (κ2) is 4.80. The molecule has 1 rings (SSSR count). The van der Waals surface area contributed by atoms with Crippen LogP contribution in [-0.2, 0) is 19.0 Å². The van der Waals surface area contributed by atoms with E-state index in [1.54, 1.807) is 0 Å². The van der Waals surface area contributed by atoms with Gasteiger partial charge in [0.2, 0.25) is 0 Å². The number of hydrogen-bond donors (Lipinski definition) is 0. The lowest BCUT2D eigenvalue weighted by atomic mass is 10.0. The van der Waals surface area contributed by atoms with Crippen LogP contribution in [0.1, 0.15) is 20.8 Å². The standard InChI is InChI=1S/C10H17BrO4/c1-6(8(11)9(12)13-4)7-5-14-10(2,3)15-7/h6-8H,5H2,1-4H3/t6-,7-,8+/m1/s1. The van der Waals surface area contributed by atoms with E-state index >= 15 is 0 Å². The molecule has 5 heteroatoms. The van der Waals surface area contributed by atoms with Crippen LogP contribution in [0.3, 0.4) is 0 Å². The molecule has 1 fully saturated rings. The van der Waals surface area contributed by atoms with Crippen LogP contribution in [0.5, 0.6) is 0 Å². The third-order valence-corrected chi connectivity index (χ3v) is 3.71. The molecule has 1 aliphatic heterocycles. The van der Waals surface area contributed by atoms with Crippen LogP contribution in [0.4, 0.5) is 0 Å². The van der Waals surface area contributed by atoms with Crippen LogP contribution in [0.15, 0.2) is 0 Å². The van der Waals surface area contributed by atoms with E-state index in [2.05, 4.69) is 20.7 Å². The lowest BCUT2D eigenvalue weighted by molar-refractivity contribution is -0.150. The van der Waals surface area contributed by atoms with Gasteiger partial charge < -0.3 is 14.2 Å². The molecule has 0 aliphatic carbocycles. The molecule has 0 unspecified atom stereocenters. The van der Waals surface area contributed by atoms with Crippen molar-refractivity contribution in [1.29, 1.82) is 0 Å². The van der Waals surface area contributed by atoms with Crippen molar-refractivity contribution in [1.82, 2.24) is 0 Å². The molecule has 0 aromatic carbocycles. The summed E-state index contributed by atoms with van der Waals surface area (Å²) in [5.41, 5.74) is 0. The van der Waals surface area contributed by atoms with Gasteiger partial charge in [-0.2, -0.15) is 0 Å². The van der Waals surface area contributed by atoms with Gasteiger partial charge in [0.25, 0.3) is 0 Å². The van der Waals surface area contributed by atoms with Gasteiger partial charge in [-0.05, 0) is 13.8 Å². The van der Waals surface area contributed by atoms with Crippen LogP contribution >= 0.6 is 15.9 Å². The Labute approximate surface area is 98.4 Å². The Morgan fingerprint density at radius 2 is 2.20 bits per heavy atom. The molecular weight excluding hydrogens is 264 g/mol. The average molecular weight is 281 g/mol. The van der Waals surface area contributed by atoms with Crippen molar-refractivity contribution >= 4 is 21.9 Å². The number of alkyl halides is 1. The second-order valence-corrected chi connectivity index (χ2v) is 5.14. The number of halogens is 1. The lowest BCUT2D eigenvalue weighted by Crippen LogP contribution is -2.34. The van der Waals surface area contributed by atoms with E-state index < -0.39 is 5.79 Å². The third-order valence-electron chi connectivity index (χ3n) is 2.50. The lowest BCUT2D eigenvalue weighted by Gasteiger charge is -2.23. The molecule has 0 radical (unpaired) electrons. The summed E-state index contributed by atoms with van der Waals surface area (Å²) in [6.45, 7) is 6.17. The van der Waals surface area contributed by atoms with Gasteiger partial charge in [-0.1, -0.05) is 22.9 Å². The molecule has 0 bridgehead atoms. The fourth-order valence-electron chi connectivity index (χ4n) is 1.49. The molecule has 1 heterocycles. The van der Waals surface area contributed by atoms with Crippen molar-refractivity contribution in [3.8, 4) is 0 Å². The maximum atomic E-state index is 11.3. The summed E-state index contributed by atoms with van der Waals surface area (Å²) in [6, 6.07) is 0. The molecule has 1 saturated heterocycles. The topological polar surface area (TPSA) is 44.8 Å². The molecule has 1 aliphatic rings. The number of ether oxygens (including phenoxy) is 3. The normalized spacial score (nSPS) is 28.5. The van der Waals surface area contributed by atoms with Crippen molar-refractivity contribution in [2.75, 3.05) is 13.7 Å². The van der Waals surface area contributed by atoms with Crippen LogP contribution in [0, 0.1) is 5.92 Å². The molecule has 0 amide bonds. The van der Waals surface area contributed by atoms with E-state index in [9.17, 15) is 4.79 Å².